The first kappa shape index (κ1) is 16.8. The second-order valence-electron chi connectivity index (χ2n) is 4.40. The van der Waals surface area contributed by atoms with Gasteiger partial charge in [-0.25, -0.2) is 4.39 Å². The molecular formula is C14H21FO5. The normalized spacial score (nSPS) is 14.1. The quantitative estimate of drug-likeness (QED) is 0.670. The van der Waals surface area contributed by atoms with Crippen molar-refractivity contribution in [1.82, 2.24) is 0 Å². The molecule has 0 radical (unpaired) electrons. The van der Waals surface area contributed by atoms with Gasteiger partial charge in [-0.15, -0.1) is 0 Å². The number of halogens is 1. The van der Waals surface area contributed by atoms with Crippen LogP contribution >= 0.6 is 0 Å². The second-order valence-corrected chi connectivity index (χ2v) is 4.40. The van der Waals surface area contributed by atoms with Gasteiger partial charge in [-0.1, -0.05) is 6.07 Å². The minimum atomic E-state index is -0.845. The van der Waals surface area contributed by atoms with Crippen LogP contribution in [0.25, 0.3) is 0 Å². The van der Waals surface area contributed by atoms with E-state index in [2.05, 4.69) is 0 Å². The second kappa shape index (κ2) is 8.86. The monoisotopic (exact) mass is 288 g/mol. The van der Waals surface area contributed by atoms with Gasteiger partial charge in [-0.3, -0.25) is 0 Å². The Morgan fingerprint density at radius 3 is 2.55 bits per heavy atom. The van der Waals surface area contributed by atoms with E-state index in [0.29, 0.717) is 18.8 Å². The third-order valence-electron chi connectivity index (χ3n) is 2.61. The molecule has 0 spiro atoms. The maximum absolute atomic E-state index is 13.6. The molecule has 114 valence electrons. The van der Waals surface area contributed by atoms with Crippen molar-refractivity contribution in [2.24, 2.45) is 0 Å². The number of benzene rings is 1. The smallest absolute Gasteiger partial charge is 0.165 e. The van der Waals surface area contributed by atoms with Gasteiger partial charge in [0.25, 0.3) is 0 Å². The van der Waals surface area contributed by atoms with Gasteiger partial charge in [0, 0.05) is 7.11 Å². The Kier molecular flexibility index (Phi) is 7.46. The highest BCUT2D eigenvalue weighted by molar-refractivity contribution is 5.30. The number of ether oxygens (including phenoxy) is 3. The molecule has 0 fully saturated rings. The minimum absolute atomic E-state index is 0.0327. The SMILES string of the molecule is COCCOCC(O)COc1ccc([C@H](C)O)cc1F. The maximum atomic E-state index is 13.6. The van der Waals surface area contributed by atoms with Gasteiger partial charge in [0.15, 0.2) is 11.6 Å². The van der Waals surface area contributed by atoms with Crippen LogP contribution < -0.4 is 4.74 Å². The van der Waals surface area contributed by atoms with Crippen LogP contribution in [-0.2, 0) is 9.47 Å². The van der Waals surface area contributed by atoms with E-state index in [1.807, 2.05) is 0 Å². The Balaban J connectivity index is 2.37. The fraction of sp³-hybridized carbons (Fsp3) is 0.571. The Morgan fingerprint density at radius 1 is 1.20 bits per heavy atom. The minimum Gasteiger partial charge on any atom is -0.488 e. The van der Waals surface area contributed by atoms with Gasteiger partial charge in [0.2, 0.25) is 0 Å². The van der Waals surface area contributed by atoms with E-state index in [1.54, 1.807) is 20.1 Å². The first-order valence-electron chi connectivity index (χ1n) is 6.39. The van der Waals surface area contributed by atoms with E-state index in [1.165, 1.54) is 12.1 Å². The molecule has 0 aromatic heterocycles. The fourth-order valence-electron chi connectivity index (χ4n) is 1.49. The average molecular weight is 288 g/mol. The summed E-state index contributed by atoms with van der Waals surface area (Å²) in [7, 11) is 1.56. The number of hydrogen-bond donors (Lipinski definition) is 2. The zero-order valence-corrected chi connectivity index (χ0v) is 11.7. The third-order valence-corrected chi connectivity index (χ3v) is 2.61. The number of hydrogen-bond acceptors (Lipinski definition) is 5. The Morgan fingerprint density at radius 2 is 1.95 bits per heavy atom. The van der Waals surface area contributed by atoms with Crippen LogP contribution in [0.1, 0.15) is 18.6 Å². The molecular weight excluding hydrogens is 267 g/mol. The molecule has 0 aliphatic heterocycles. The molecule has 0 heterocycles. The molecule has 5 nitrogen and oxygen atoms in total. The number of aliphatic hydroxyl groups is 2. The van der Waals surface area contributed by atoms with Crippen molar-refractivity contribution in [3.8, 4) is 5.75 Å². The van der Waals surface area contributed by atoms with E-state index >= 15 is 0 Å². The lowest BCUT2D eigenvalue weighted by atomic mass is 10.1. The molecule has 0 amide bonds. The summed E-state index contributed by atoms with van der Waals surface area (Å²) in [5.74, 6) is -0.541. The predicted octanol–water partition coefficient (Wildman–Crippen LogP) is 1.28. The van der Waals surface area contributed by atoms with E-state index in [4.69, 9.17) is 14.2 Å². The molecule has 0 bridgehead atoms. The van der Waals surface area contributed by atoms with Gasteiger partial charge in [0.1, 0.15) is 12.7 Å². The van der Waals surface area contributed by atoms with Gasteiger partial charge in [-0.2, -0.15) is 0 Å². The van der Waals surface area contributed by atoms with Crippen LogP contribution in [0.3, 0.4) is 0 Å². The molecule has 0 saturated heterocycles. The topological polar surface area (TPSA) is 68.2 Å². The van der Waals surface area contributed by atoms with Crippen LogP contribution in [0, 0.1) is 5.82 Å². The summed E-state index contributed by atoms with van der Waals surface area (Å²) in [6.45, 7) is 2.40. The predicted molar refractivity (Wildman–Crippen MR) is 71.2 cm³/mol. The van der Waals surface area contributed by atoms with E-state index in [-0.39, 0.29) is 19.0 Å². The zero-order valence-electron chi connectivity index (χ0n) is 11.7. The Bertz CT molecular complexity index is 397. The zero-order chi connectivity index (χ0) is 15.0. The lowest BCUT2D eigenvalue weighted by Crippen LogP contribution is -2.24. The first-order valence-corrected chi connectivity index (χ1v) is 6.39. The molecule has 1 rings (SSSR count). The molecule has 0 saturated carbocycles. The largest absolute Gasteiger partial charge is 0.488 e. The molecule has 20 heavy (non-hydrogen) atoms. The number of aliphatic hydroxyl groups excluding tert-OH is 2. The summed E-state index contributed by atoms with van der Waals surface area (Å²) in [6, 6.07) is 4.21. The van der Waals surface area contributed by atoms with Crippen LogP contribution in [0.2, 0.25) is 0 Å². The number of methoxy groups -OCH3 is 1. The van der Waals surface area contributed by atoms with Crippen molar-refractivity contribution in [2.45, 2.75) is 19.1 Å². The Labute approximate surface area is 117 Å². The molecule has 0 aliphatic carbocycles. The molecule has 2 N–H and O–H groups in total. The van der Waals surface area contributed by atoms with E-state index in [0.717, 1.165) is 0 Å². The van der Waals surface area contributed by atoms with Crippen molar-refractivity contribution < 1.29 is 28.8 Å². The summed E-state index contributed by atoms with van der Waals surface area (Å²) in [6.07, 6.45) is -1.58. The van der Waals surface area contributed by atoms with Gasteiger partial charge >= 0.3 is 0 Å². The summed E-state index contributed by atoms with van der Waals surface area (Å²) < 4.78 is 28.7. The van der Waals surface area contributed by atoms with Gasteiger partial charge in [-0.05, 0) is 24.6 Å². The molecule has 1 aromatic rings. The molecule has 1 unspecified atom stereocenters. The summed E-state index contributed by atoms with van der Waals surface area (Å²) in [4.78, 5) is 0. The summed E-state index contributed by atoms with van der Waals surface area (Å²) in [5, 5.41) is 18.9. The van der Waals surface area contributed by atoms with Crippen molar-refractivity contribution in [2.75, 3.05) is 33.5 Å². The van der Waals surface area contributed by atoms with Gasteiger partial charge in [0.05, 0.1) is 25.9 Å². The van der Waals surface area contributed by atoms with Crippen molar-refractivity contribution in [1.29, 1.82) is 0 Å². The lowest BCUT2D eigenvalue weighted by Gasteiger charge is -2.14. The highest BCUT2D eigenvalue weighted by Gasteiger charge is 2.10. The standard InChI is InChI=1S/C14H21FO5/c1-10(16)11-3-4-14(13(15)7-11)20-9-12(17)8-19-6-5-18-2/h3-4,7,10,12,16-17H,5-6,8-9H2,1-2H3/t10-,12?/m0/s1. The van der Waals surface area contributed by atoms with Crippen LogP contribution in [0.15, 0.2) is 18.2 Å². The molecule has 1 aromatic carbocycles. The first-order chi connectivity index (χ1) is 9.54. The molecule has 0 aliphatic rings. The number of rotatable bonds is 9. The Hall–Kier alpha value is -1.21. The van der Waals surface area contributed by atoms with Crippen molar-refractivity contribution in [3.05, 3.63) is 29.6 Å². The average Bonchev–Trinajstić information content (AvgIpc) is 2.42. The molecule has 2 atom stereocenters. The van der Waals surface area contributed by atoms with Gasteiger partial charge < -0.3 is 24.4 Å². The summed E-state index contributed by atoms with van der Waals surface area (Å²) >= 11 is 0. The van der Waals surface area contributed by atoms with Crippen molar-refractivity contribution in [3.63, 3.8) is 0 Å². The van der Waals surface area contributed by atoms with Crippen LogP contribution in [0.4, 0.5) is 4.39 Å². The van der Waals surface area contributed by atoms with Crippen LogP contribution in [-0.4, -0.2) is 49.9 Å². The lowest BCUT2D eigenvalue weighted by molar-refractivity contribution is -0.00470. The molecule has 6 heteroatoms. The van der Waals surface area contributed by atoms with Crippen molar-refractivity contribution >= 4 is 0 Å². The highest BCUT2D eigenvalue weighted by atomic mass is 19.1. The third kappa shape index (κ3) is 5.83. The summed E-state index contributed by atoms with van der Waals surface area (Å²) in [5.41, 5.74) is 0.471. The highest BCUT2D eigenvalue weighted by Crippen LogP contribution is 2.22. The van der Waals surface area contributed by atoms with E-state index in [9.17, 15) is 14.6 Å². The van der Waals surface area contributed by atoms with Crippen LogP contribution in [0.5, 0.6) is 5.75 Å². The fourth-order valence-corrected chi connectivity index (χ4v) is 1.49. The maximum Gasteiger partial charge on any atom is 0.165 e. The van der Waals surface area contributed by atoms with E-state index < -0.39 is 18.0 Å².